The molecule has 0 fully saturated rings. The van der Waals surface area contributed by atoms with Gasteiger partial charge >= 0.3 is 0 Å². The molecule has 0 amide bonds. The lowest BCUT2D eigenvalue weighted by Crippen LogP contribution is -1.96. The first-order valence-electron chi connectivity index (χ1n) is 5.79. The first-order chi connectivity index (χ1) is 8.08. The van der Waals surface area contributed by atoms with Gasteiger partial charge in [0.2, 0.25) is 0 Å². The predicted octanol–water partition coefficient (Wildman–Crippen LogP) is 5.91. The summed E-state index contributed by atoms with van der Waals surface area (Å²) in [5.41, 5.74) is 1.59. The maximum Gasteiger partial charge on any atom is 0.126 e. The first-order valence-corrected chi connectivity index (χ1v) is 6.96. The molecule has 0 aliphatic heterocycles. The fraction of sp³-hybridized carbons (Fsp3) is 0.462. The molecule has 1 rings (SSSR count). The Hall–Kier alpha value is -0.410. The molecule has 0 aromatic heterocycles. The molecule has 0 aliphatic carbocycles. The second kappa shape index (κ2) is 7.12. The van der Waals surface area contributed by atoms with Gasteiger partial charge in [0.15, 0.2) is 0 Å². The van der Waals surface area contributed by atoms with E-state index in [1.165, 1.54) is 12.1 Å². The van der Waals surface area contributed by atoms with Crippen molar-refractivity contribution in [2.24, 2.45) is 4.99 Å². The maximum atomic E-state index is 13.3. The van der Waals surface area contributed by atoms with Gasteiger partial charge in [-0.1, -0.05) is 38.3 Å². The fourth-order valence-corrected chi connectivity index (χ4v) is 2.18. The normalized spacial score (nSPS) is 10.4. The van der Waals surface area contributed by atoms with Gasteiger partial charge in [-0.25, -0.2) is 4.39 Å². The molecule has 0 aliphatic rings. The quantitative estimate of drug-likeness (QED) is 0.472. The molecule has 0 unspecified atom stereocenters. The zero-order valence-electron chi connectivity index (χ0n) is 10.1. The highest BCUT2D eigenvalue weighted by Gasteiger charge is 2.08. The Balaban J connectivity index is 3.09. The van der Waals surface area contributed by atoms with Gasteiger partial charge in [0.1, 0.15) is 5.82 Å². The lowest BCUT2D eigenvalue weighted by Gasteiger charge is -2.06. The van der Waals surface area contributed by atoms with Crippen LogP contribution in [0.2, 0.25) is 5.02 Å². The molecule has 0 saturated heterocycles. The number of halogens is 3. The first kappa shape index (κ1) is 14.7. The fourth-order valence-electron chi connectivity index (χ4n) is 1.61. The molecule has 0 N–H and O–H groups in total. The number of rotatable bonds is 5. The summed E-state index contributed by atoms with van der Waals surface area (Å²) in [5, 5.41) is 0.469. The van der Waals surface area contributed by atoms with Crippen LogP contribution >= 0.6 is 27.5 Å². The molecule has 4 heteroatoms. The standard InChI is InChI=1S/C13H16BrClFN/c1-3-5-10(6-4-2)17-12-8-9(16)7-11(14)13(12)15/h7-8H,3-6H2,1-2H3. The van der Waals surface area contributed by atoms with E-state index in [2.05, 4.69) is 34.8 Å². The lowest BCUT2D eigenvalue weighted by atomic mass is 10.1. The Labute approximate surface area is 115 Å². The van der Waals surface area contributed by atoms with Crippen LogP contribution in [-0.2, 0) is 0 Å². The van der Waals surface area contributed by atoms with Gasteiger partial charge in [0, 0.05) is 16.3 Å². The predicted molar refractivity (Wildman–Crippen MR) is 76.0 cm³/mol. The van der Waals surface area contributed by atoms with E-state index < -0.39 is 0 Å². The van der Waals surface area contributed by atoms with Gasteiger partial charge in [-0.2, -0.15) is 0 Å². The van der Waals surface area contributed by atoms with Gasteiger partial charge < -0.3 is 0 Å². The topological polar surface area (TPSA) is 12.4 Å². The van der Waals surface area contributed by atoms with Crippen LogP contribution in [0, 0.1) is 5.82 Å². The molecular weight excluding hydrogens is 305 g/mol. The minimum atomic E-state index is -0.327. The summed E-state index contributed by atoms with van der Waals surface area (Å²) < 4.78 is 13.8. The van der Waals surface area contributed by atoms with Crippen LogP contribution in [0.5, 0.6) is 0 Å². The van der Waals surface area contributed by atoms with Gasteiger partial charge in [0.05, 0.1) is 10.7 Å². The van der Waals surface area contributed by atoms with E-state index in [0.717, 1.165) is 31.4 Å². The Morgan fingerprint density at radius 2 is 1.88 bits per heavy atom. The van der Waals surface area contributed by atoms with Crippen LogP contribution in [0.15, 0.2) is 21.6 Å². The van der Waals surface area contributed by atoms with E-state index in [0.29, 0.717) is 15.2 Å². The van der Waals surface area contributed by atoms with Crippen LogP contribution in [-0.4, -0.2) is 5.71 Å². The van der Waals surface area contributed by atoms with E-state index in [1.54, 1.807) is 0 Å². The summed E-state index contributed by atoms with van der Waals surface area (Å²) >= 11 is 9.31. The molecule has 0 spiro atoms. The van der Waals surface area contributed by atoms with Crippen molar-refractivity contribution in [2.75, 3.05) is 0 Å². The molecule has 0 bridgehead atoms. The summed E-state index contributed by atoms with van der Waals surface area (Å²) in [6.07, 6.45) is 3.93. The molecule has 1 aromatic carbocycles. The Kier molecular flexibility index (Phi) is 6.14. The third kappa shape index (κ3) is 4.40. The molecule has 0 heterocycles. The van der Waals surface area contributed by atoms with Crippen LogP contribution in [0.25, 0.3) is 0 Å². The SMILES string of the molecule is CCCC(CCC)=Nc1cc(F)cc(Br)c1Cl. The van der Waals surface area contributed by atoms with Crippen LogP contribution in [0.3, 0.4) is 0 Å². The highest BCUT2D eigenvalue weighted by Crippen LogP contribution is 2.34. The third-order valence-electron chi connectivity index (χ3n) is 2.33. The molecular formula is C13H16BrClFN. The zero-order valence-corrected chi connectivity index (χ0v) is 12.4. The zero-order chi connectivity index (χ0) is 12.8. The van der Waals surface area contributed by atoms with Crippen molar-refractivity contribution in [3.63, 3.8) is 0 Å². The minimum absolute atomic E-state index is 0.327. The van der Waals surface area contributed by atoms with E-state index in [9.17, 15) is 4.39 Å². The second-order valence-corrected chi connectivity index (χ2v) is 5.13. The van der Waals surface area contributed by atoms with E-state index in [4.69, 9.17) is 11.6 Å². The largest absolute Gasteiger partial charge is 0.256 e. The number of nitrogens with zero attached hydrogens (tertiary/aromatic N) is 1. The molecule has 94 valence electrons. The summed E-state index contributed by atoms with van der Waals surface area (Å²) in [6, 6.07) is 2.72. The van der Waals surface area contributed by atoms with Crippen molar-refractivity contribution in [1.82, 2.24) is 0 Å². The van der Waals surface area contributed by atoms with E-state index in [-0.39, 0.29) is 5.82 Å². The van der Waals surface area contributed by atoms with Crippen molar-refractivity contribution >= 4 is 38.9 Å². The molecule has 0 radical (unpaired) electrons. The van der Waals surface area contributed by atoms with Crippen LogP contribution in [0.4, 0.5) is 10.1 Å². The number of aliphatic imine (C=N–C) groups is 1. The number of hydrogen-bond acceptors (Lipinski definition) is 1. The van der Waals surface area contributed by atoms with Crippen LogP contribution < -0.4 is 0 Å². The molecule has 1 nitrogen and oxygen atoms in total. The van der Waals surface area contributed by atoms with E-state index >= 15 is 0 Å². The summed E-state index contributed by atoms with van der Waals surface area (Å²) in [6.45, 7) is 4.21. The second-order valence-electron chi connectivity index (χ2n) is 3.90. The number of hydrogen-bond donors (Lipinski definition) is 0. The molecule has 1 aromatic rings. The summed E-state index contributed by atoms with van der Waals surface area (Å²) in [4.78, 5) is 4.47. The molecule has 0 saturated carbocycles. The third-order valence-corrected chi connectivity index (χ3v) is 3.58. The van der Waals surface area contributed by atoms with Gasteiger partial charge in [-0.05, 0) is 34.8 Å². The molecule has 0 atom stereocenters. The van der Waals surface area contributed by atoms with Gasteiger partial charge in [-0.3, -0.25) is 4.99 Å². The summed E-state index contributed by atoms with van der Waals surface area (Å²) in [7, 11) is 0. The van der Waals surface area contributed by atoms with Gasteiger partial charge in [0.25, 0.3) is 0 Å². The minimum Gasteiger partial charge on any atom is -0.256 e. The smallest absolute Gasteiger partial charge is 0.126 e. The van der Waals surface area contributed by atoms with Crippen molar-refractivity contribution in [3.05, 3.63) is 27.4 Å². The summed E-state index contributed by atoms with van der Waals surface area (Å²) in [5.74, 6) is -0.327. The maximum absolute atomic E-state index is 13.3. The lowest BCUT2D eigenvalue weighted by molar-refractivity contribution is 0.627. The van der Waals surface area contributed by atoms with Crippen LogP contribution in [0.1, 0.15) is 39.5 Å². The monoisotopic (exact) mass is 319 g/mol. The van der Waals surface area contributed by atoms with Crippen molar-refractivity contribution in [2.45, 2.75) is 39.5 Å². The highest BCUT2D eigenvalue weighted by molar-refractivity contribution is 9.10. The van der Waals surface area contributed by atoms with Gasteiger partial charge in [-0.15, -0.1) is 0 Å². The average molecular weight is 321 g/mol. The number of benzene rings is 1. The van der Waals surface area contributed by atoms with E-state index in [1.807, 2.05) is 0 Å². The van der Waals surface area contributed by atoms with Crippen molar-refractivity contribution < 1.29 is 4.39 Å². The Morgan fingerprint density at radius 1 is 1.29 bits per heavy atom. The van der Waals surface area contributed by atoms with Crippen molar-refractivity contribution in [3.8, 4) is 0 Å². The molecule has 17 heavy (non-hydrogen) atoms. The highest BCUT2D eigenvalue weighted by atomic mass is 79.9. The van der Waals surface area contributed by atoms with Crippen molar-refractivity contribution in [1.29, 1.82) is 0 Å². The Bertz CT molecular complexity index is 410. The average Bonchev–Trinajstić information content (AvgIpc) is 2.26. The Morgan fingerprint density at radius 3 is 2.41 bits per heavy atom.